The van der Waals surface area contributed by atoms with Crippen LogP contribution < -0.4 is 0 Å². The summed E-state index contributed by atoms with van der Waals surface area (Å²) in [5.74, 6) is 0.965. The van der Waals surface area contributed by atoms with Crippen LogP contribution >= 0.6 is 27.5 Å². The van der Waals surface area contributed by atoms with Crippen LogP contribution in [-0.4, -0.2) is 14.5 Å². The normalized spacial score (nSPS) is 10.7. The maximum atomic E-state index is 9.01. The molecule has 0 aliphatic heterocycles. The third-order valence-electron chi connectivity index (χ3n) is 2.89. The fourth-order valence-electron chi connectivity index (χ4n) is 2.06. The molecule has 0 unspecified atom stereocenters. The van der Waals surface area contributed by atoms with Crippen molar-refractivity contribution < 1.29 is 0 Å². The van der Waals surface area contributed by atoms with Gasteiger partial charge in [-0.15, -0.1) is 11.6 Å². The van der Waals surface area contributed by atoms with Crippen LogP contribution in [0.5, 0.6) is 0 Å². The number of pyridine rings is 1. The minimum absolute atomic E-state index is 0.269. The van der Waals surface area contributed by atoms with Crippen LogP contribution in [0.15, 0.2) is 41.0 Å². The van der Waals surface area contributed by atoms with Crippen molar-refractivity contribution in [2.24, 2.45) is 0 Å². The van der Waals surface area contributed by atoms with Crippen LogP contribution in [0.4, 0.5) is 0 Å². The van der Waals surface area contributed by atoms with E-state index in [1.165, 1.54) is 0 Å². The lowest BCUT2D eigenvalue weighted by Crippen LogP contribution is -2.00. The van der Waals surface area contributed by atoms with Gasteiger partial charge < -0.3 is 0 Å². The number of aromatic nitrogens is 3. The number of halogens is 2. The van der Waals surface area contributed by atoms with Gasteiger partial charge in [0.05, 0.1) is 23.2 Å². The molecule has 0 fully saturated rings. The van der Waals surface area contributed by atoms with Crippen LogP contribution in [0, 0.1) is 11.3 Å². The van der Waals surface area contributed by atoms with E-state index in [-0.39, 0.29) is 5.88 Å². The average Bonchev–Trinajstić information content (AvgIpc) is 2.84. The summed E-state index contributed by atoms with van der Waals surface area (Å²) in [4.78, 5) is 8.87. The van der Waals surface area contributed by atoms with E-state index in [0.29, 0.717) is 11.4 Å². The monoisotopic (exact) mass is 346 g/mol. The summed E-state index contributed by atoms with van der Waals surface area (Å²) < 4.78 is 2.73. The molecule has 2 heterocycles. The second kappa shape index (κ2) is 5.23. The first kappa shape index (κ1) is 13.1. The van der Waals surface area contributed by atoms with Gasteiger partial charge in [0.1, 0.15) is 11.3 Å². The zero-order valence-electron chi connectivity index (χ0n) is 10.2. The van der Waals surface area contributed by atoms with Crippen LogP contribution in [0.1, 0.15) is 11.4 Å². The van der Waals surface area contributed by atoms with Crippen LogP contribution in [-0.2, 0) is 5.88 Å². The minimum Gasteiger partial charge on any atom is -0.280 e. The average molecular weight is 348 g/mol. The first-order chi connectivity index (χ1) is 9.72. The molecule has 0 bridgehead atoms. The summed E-state index contributed by atoms with van der Waals surface area (Å²) in [6.07, 6.45) is 1.71. The number of nitriles is 1. The van der Waals surface area contributed by atoms with Crippen LogP contribution in [0.2, 0.25) is 0 Å². The van der Waals surface area contributed by atoms with Gasteiger partial charge in [-0.05, 0) is 40.2 Å². The number of alkyl halides is 1. The second-order valence-electron chi connectivity index (χ2n) is 4.16. The van der Waals surface area contributed by atoms with E-state index < -0.39 is 0 Å². The molecule has 0 saturated carbocycles. The Morgan fingerprint density at radius 2 is 2.20 bits per heavy atom. The van der Waals surface area contributed by atoms with Gasteiger partial charge >= 0.3 is 0 Å². The molecule has 2 aromatic heterocycles. The molecule has 4 nitrogen and oxygen atoms in total. The fraction of sp³-hybridized carbons (Fsp3) is 0.0714. The number of benzene rings is 1. The number of imidazole rings is 1. The standard InChI is InChI=1S/C14H8BrClN4/c15-10-5-12-14(18-8-10)20(13(6-16)19-12)11-3-1-2-9(4-11)7-17/h1-5,8H,6H2. The Labute approximate surface area is 128 Å². The van der Waals surface area contributed by atoms with E-state index in [0.717, 1.165) is 21.3 Å². The van der Waals surface area contributed by atoms with Crippen molar-refractivity contribution in [3.8, 4) is 11.8 Å². The van der Waals surface area contributed by atoms with E-state index in [4.69, 9.17) is 16.9 Å². The Bertz CT molecular complexity index is 835. The molecule has 0 spiro atoms. The highest BCUT2D eigenvalue weighted by molar-refractivity contribution is 9.10. The van der Waals surface area contributed by atoms with E-state index in [1.807, 2.05) is 22.8 Å². The summed E-state index contributed by atoms with van der Waals surface area (Å²) in [5, 5.41) is 9.01. The van der Waals surface area contributed by atoms with Gasteiger partial charge in [-0.2, -0.15) is 5.26 Å². The Morgan fingerprint density at radius 3 is 2.95 bits per heavy atom. The SMILES string of the molecule is N#Cc1cccc(-n2c(CCl)nc3cc(Br)cnc32)c1. The molecule has 0 N–H and O–H groups in total. The Morgan fingerprint density at radius 1 is 1.35 bits per heavy atom. The van der Waals surface area contributed by atoms with Crippen LogP contribution in [0.25, 0.3) is 16.9 Å². The summed E-state index contributed by atoms with van der Waals surface area (Å²) in [6, 6.07) is 11.3. The van der Waals surface area contributed by atoms with Gasteiger partial charge in [-0.3, -0.25) is 4.57 Å². The molecule has 0 radical (unpaired) electrons. The van der Waals surface area contributed by atoms with Crippen LogP contribution in [0.3, 0.4) is 0 Å². The van der Waals surface area contributed by atoms with Crippen molar-refractivity contribution in [1.29, 1.82) is 5.26 Å². The number of hydrogen-bond acceptors (Lipinski definition) is 3. The molecular weight excluding hydrogens is 340 g/mol. The number of hydrogen-bond donors (Lipinski definition) is 0. The summed E-state index contributed by atoms with van der Waals surface area (Å²) in [7, 11) is 0. The second-order valence-corrected chi connectivity index (χ2v) is 5.34. The summed E-state index contributed by atoms with van der Waals surface area (Å²) in [6.45, 7) is 0. The van der Waals surface area contributed by atoms with Gasteiger partial charge in [0, 0.05) is 10.7 Å². The lowest BCUT2D eigenvalue weighted by molar-refractivity contribution is 0.969. The lowest BCUT2D eigenvalue weighted by Gasteiger charge is -2.07. The Kier molecular flexibility index (Phi) is 3.43. The highest BCUT2D eigenvalue weighted by Gasteiger charge is 2.13. The predicted molar refractivity (Wildman–Crippen MR) is 80.8 cm³/mol. The van der Waals surface area contributed by atoms with Crippen molar-refractivity contribution in [3.05, 3.63) is 52.4 Å². The first-order valence-corrected chi connectivity index (χ1v) is 7.15. The molecule has 3 aromatic rings. The Hall–Kier alpha value is -1.90. The lowest BCUT2D eigenvalue weighted by atomic mass is 10.2. The van der Waals surface area contributed by atoms with Crippen molar-refractivity contribution in [3.63, 3.8) is 0 Å². The molecule has 0 aliphatic rings. The van der Waals surface area contributed by atoms with E-state index in [9.17, 15) is 0 Å². The predicted octanol–water partition coefficient (Wildman–Crippen LogP) is 3.79. The van der Waals surface area contributed by atoms with Gasteiger partial charge in [-0.25, -0.2) is 9.97 Å². The molecule has 3 rings (SSSR count). The highest BCUT2D eigenvalue weighted by Crippen LogP contribution is 2.23. The topological polar surface area (TPSA) is 54.5 Å². The molecular formula is C14H8BrClN4. The highest BCUT2D eigenvalue weighted by atomic mass is 79.9. The largest absolute Gasteiger partial charge is 0.280 e. The van der Waals surface area contributed by atoms with Crippen molar-refractivity contribution >= 4 is 38.7 Å². The zero-order chi connectivity index (χ0) is 14.1. The third-order valence-corrected chi connectivity index (χ3v) is 3.56. The maximum Gasteiger partial charge on any atom is 0.164 e. The fourth-order valence-corrected chi connectivity index (χ4v) is 2.56. The third kappa shape index (κ3) is 2.17. The van der Waals surface area contributed by atoms with Gasteiger partial charge in [0.15, 0.2) is 5.65 Å². The van der Waals surface area contributed by atoms with E-state index in [2.05, 4.69) is 32.0 Å². The summed E-state index contributed by atoms with van der Waals surface area (Å²) in [5.41, 5.74) is 2.90. The van der Waals surface area contributed by atoms with Crippen molar-refractivity contribution in [2.45, 2.75) is 5.88 Å². The number of fused-ring (bicyclic) bond motifs is 1. The van der Waals surface area contributed by atoms with Crippen molar-refractivity contribution in [2.75, 3.05) is 0 Å². The molecule has 1 aromatic carbocycles. The molecule has 0 amide bonds. The molecule has 0 atom stereocenters. The number of rotatable bonds is 2. The van der Waals surface area contributed by atoms with Gasteiger partial charge in [0.25, 0.3) is 0 Å². The van der Waals surface area contributed by atoms with E-state index >= 15 is 0 Å². The summed E-state index contributed by atoms with van der Waals surface area (Å²) >= 11 is 9.36. The molecule has 0 saturated heterocycles. The quantitative estimate of drug-likeness (QED) is 0.663. The molecule has 6 heteroatoms. The zero-order valence-corrected chi connectivity index (χ0v) is 12.6. The molecule has 98 valence electrons. The van der Waals surface area contributed by atoms with Crippen molar-refractivity contribution in [1.82, 2.24) is 14.5 Å². The molecule has 0 aliphatic carbocycles. The van der Waals surface area contributed by atoms with Gasteiger partial charge in [-0.1, -0.05) is 6.07 Å². The number of nitrogens with zero attached hydrogens (tertiary/aromatic N) is 4. The van der Waals surface area contributed by atoms with E-state index in [1.54, 1.807) is 18.3 Å². The minimum atomic E-state index is 0.269. The molecule has 20 heavy (non-hydrogen) atoms. The Balaban J connectivity index is 2.31. The first-order valence-electron chi connectivity index (χ1n) is 5.82. The maximum absolute atomic E-state index is 9.01. The smallest absolute Gasteiger partial charge is 0.164 e. The van der Waals surface area contributed by atoms with Gasteiger partial charge in [0.2, 0.25) is 0 Å².